The van der Waals surface area contributed by atoms with Gasteiger partial charge in [-0.3, -0.25) is 9.59 Å². The van der Waals surface area contributed by atoms with Crippen molar-refractivity contribution < 1.29 is 33.4 Å². The van der Waals surface area contributed by atoms with Gasteiger partial charge in [-0.15, -0.1) is 0 Å². The number of esters is 2. The molecular formula is C25H34O7. The van der Waals surface area contributed by atoms with Gasteiger partial charge in [-0.25, -0.2) is 4.79 Å². The summed E-state index contributed by atoms with van der Waals surface area (Å²) in [4.78, 5) is 38.0. The zero-order valence-electron chi connectivity index (χ0n) is 19.8. The Morgan fingerprint density at radius 1 is 1.31 bits per heavy atom. The highest BCUT2D eigenvalue weighted by atomic mass is 16.6. The zero-order chi connectivity index (χ0) is 23.8. The van der Waals surface area contributed by atoms with Crippen molar-refractivity contribution in [1.29, 1.82) is 0 Å². The number of carboxylic acids is 1. The van der Waals surface area contributed by atoms with Crippen LogP contribution >= 0.6 is 0 Å². The van der Waals surface area contributed by atoms with Crippen molar-refractivity contribution in [3.05, 3.63) is 34.8 Å². The number of allylic oxidation sites excluding steroid dienone is 1. The van der Waals surface area contributed by atoms with Crippen LogP contribution in [0.4, 0.5) is 0 Å². The molecule has 1 unspecified atom stereocenters. The fraction of sp³-hybridized carbons (Fsp3) is 0.640. The van der Waals surface area contributed by atoms with E-state index >= 15 is 0 Å². The number of hydrogen-bond donors (Lipinski definition) is 1. The first-order valence-corrected chi connectivity index (χ1v) is 11.4. The summed E-state index contributed by atoms with van der Waals surface area (Å²) in [7, 11) is 0. The molecule has 1 aromatic heterocycles. The molecule has 0 aromatic carbocycles. The zero-order valence-corrected chi connectivity index (χ0v) is 19.8. The third kappa shape index (κ3) is 3.97. The van der Waals surface area contributed by atoms with Crippen LogP contribution in [0.3, 0.4) is 0 Å². The molecule has 0 amide bonds. The second-order valence-corrected chi connectivity index (χ2v) is 9.46. The lowest BCUT2D eigenvalue weighted by atomic mass is 9.53. The molecule has 0 radical (unpaired) electrons. The van der Waals surface area contributed by atoms with Crippen LogP contribution in [0.25, 0.3) is 0 Å². The Labute approximate surface area is 189 Å². The fourth-order valence-corrected chi connectivity index (χ4v) is 5.23. The minimum Gasteiger partial charge on any atom is -0.481 e. The SMILES string of the molecule is C/C=C(/C)C(=O)O[C@H]1CC[C@@H]2Cc3occ(C)c3[C@H](OC(=O)C(C)CC)[C@]2(C)[C@H]1C(=O)O. The molecule has 2 aliphatic carbocycles. The molecule has 0 spiro atoms. The smallest absolute Gasteiger partial charge is 0.333 e. The van der Waals surface area contributed by atoms with Gasteiger partial charge in [-0.05, 0) is 51.5 Å². The van der Waals surface area contributed by atoms with E-state index in [2.05, 4.69) is 0 Å². The van der Waals surface area contributed by atoms with Gasteiger partial charge >= 0.3 is 17.9 Å². The quantitative estimate of drug-likeness (QED) is 0.496. The number of carboxylic acid groups (broad SMARTS) is 1. The monoisotopic (exact) mass is 446 g/mol. The molecule has 1 fully saturated rings. The highest BCUT2D eigenvalue weighted by molar-refractivity contribution is 5.88. The van der Waals surface area contributed by atoms with Crippen LogP contribution in [0, 0.1) is 30.1 Å². The molecule has 2 aliphatic rings. The van der Waals surface area contributed by atoms with Gasteiger partial charge < -0.3 is 19.0 Å². The lowest BCUT2D eigenvalue weighted by molar-refractivity contribution is -0.200. The molecule has 1 aromatic rings. The lowest BCUT2D eigenvalue weighted by Gasteiger charge is -2.54. The first-order chi connectivity index (χ1) is 15.1. The third-order valence-electron chi connectivity index (χ3n) is 7.61. The molecule has 1 heterocycles. The molecule has 7 heteroatoms. The number of ether oxygens (including phenoxy) is 2. The molecule has 1 saturated carbocycles. The maximum Gasteiger partial charge on any atom is 0.333 e. The van der Waals surface area contributed by atoms with E-state index in [4.69, 9.17) is 13.9 Å². The van der Waals surface area contributed by atoms with Crippen molar-refractivity contribution in [2.24, 2.45) is 23.2 Å². The van der Waals surface area contributed by atoms with Crippen molar-refractivity contribution in [2.75, 3.05) is 0 Å². The van der Waals surface area contributed by atoms with Crippen LogP contribution in [0.2, 0.25) is 0 Å². The summed E-state index contributed by atoms with van der Waals surface area (Å²) >= 11 is 0. The highest BCUT2D eigenvalue weighted by Gasteiger charge is 2.62. The topological polar surface area (TPSA) is 103 Å². The molecule has 0 bridgehead atoms. The van der Waals surface area contributed by atoms with E-state index in [9.17, 15) is 19.5 Å². The Hall–Kier alpha value is -2.57. The van der Waals surface area contributed by atoms with Gasteiger partial charge in [0.25, 0.3) is 0 Å². The number of carbonyl (C=O) groups excluding carboxylic acids is 2. The van der Waals surface area contributed by atoms with E-state index in [0.717, 1.165) is 16.9 Å². The minimum atomic E-state index is -1.05. The van der Waals surface area contributed by atoms with Crippen LogP contribution in [-0.2, 0) is 30.3 Å². The number of fused-ring (bicyclic) bond motifs is 2. The Morgan fingerprint density at radius 2 is 2.00 bits per heavy atom. The number of carbonyl (C=O) groups is 3. The second kappa shape index (κ2) is 9.12. The Bertz CT molecular complexity index is 927. The van der Waals surface area contributed by atoms with E-state index in [1.807, 2.05) is 20.8 Å². The normalized spacial score (nSPS) is 30.6. The number of aryl methyl sites for hydroxylation is 1. The van der Waals surface area contributed by atoms with Gasteiger partial charge in [0.1, 0.15) is 23.9 Å². The molecular weight excluding hydrogens is 412 g/mol. The van der Waals surface area contributed by atoms with Gasteiger partial charge in [0.2, 0.25) is 0 Å². The Morgan fingerprint density at radius 3 is 2.59 bits per heavy atom. The standard InChI is InChI=1S/C25H34O7/c1-7-13(3)23(28)31-17-10-9-16-11-18-19(15(5)12-30-18)21(32-24(29)14(4)8-2)25(16,6)20(17)22(26)27/h7,12,14,16-17,20-21H,8-11H2,1-6H3,(H,26,27)/b13-7-/t14?,16-,17+,20-,21+,25+/m1/s1. The summed E-state index contributed by atoms with van der Waals surface area (Å²) in [5.74, 6) is -2.61. The molecule has 0 saturated heterocycles. The van der Waals surface area contributed by atoms with Gasteiger partial charge in [0.15, 0.2) is 0 Å². The van der Waals surface area contributed by atoms with E-state index in [1.165, 1.54) is 0 Å². The molecule has 6 atom stereocenters. The first kappa shape index (κ1) is 24.1. The van der Waals surface area contributed by atoms with Gasteiger partial charge in [-0.1, -0.05) is 26.8 Å². The number of furan rings is 1. The average molecular weight is 447 g/mol. The Balaban J connectivity index is 2.08. The summed E-state index contributed by atoms with van der Waals surface area (Å²) in [5.41, 5.74) is 1.06. The predicted molar refractivity (Wildman–Crippen MR) is 117 cm³/mol. The molecule has 0 aliphatic heterocycles. The van der Waals surface area contributed by atoms with E-state index in [-0.39, 0.29) is 17.8 Å². The average Bonchev–Trinajstić information content (AvgIpc) is 3.12. The van der Waals surface area contributed by atoms with E-state index < -0.39 is 35.5 Å². The second-order valence-electron chi connectivity index (χ2n) is 9.46. The van der Waals surface area contributed by atoms with Crippen molar-refractivity contribution in [3.8, 4) is 0 Å². The maximum absolute atomic E-state index is 12.9. The predicted octanol–water partition coefficient (Wildman–Crippen LogP) is 4.77. The number of hydrogen-bond acceptors (Lipinski definition) is 6. The van der Waals surface area contributed by atoms with Crippen molar-refractivity contribution in [2.45, 2.75) is 79.4 Å². The number of aliphatic carboxylic acids is 1. The van der Waals surface area contributed by atoms with Crippen LogP contribution in [0.15, 0.2) is 22.3 Å². The molecule has 7 nitrogen and oxygen atoms in total. The minimum absolute atomic E-state index is 0.0888. The van der Waals surface area contributed by atoms with E-state index in [0.29, 0.717) is 31.3 Å². The van der Waals surface area contributed by atoms with Crippen LogP contribution in [0.1, 0.15) is 76.9 Å². The van der Waals surface area contributed by atoms with E-state index in [1.54, 1.807) is 33.1 Å². The fourth-order valence-electron chi connectivity index (χ4n) is 5.23. The summed E-state index contributed by atoms with van der Waals surface area (Å²) in [6.07, 6.45) is 3.94. The first-order valence-electron chi connectivity index (χ1n) is 11.4. The summed E-state index contributed by atoms with van der Waals surface area (Å²) in [6, 6.07) is 0. The van der Waals surface area contributed by atoms with Crippen LogP contribution < -0.4 is 0 Å². The number of rotatable bonds is 6. The highest BCUT2D eigenvalue weighted by Crippen LogP contribution is 2.60. The molecule has 1 N–H and O–H groups in total. The molecule has 32 heavy (non-hydrogen) atoms. The Kier molecular flexibility index (Phi) is 6.86. The maximum atomic E-state index is 12.9. The summed E-state index contributed by atoms with van der Waals surface area (Å²) < 4.78 is 17.6. The molecule has 176 valence electrons. The van der Waals surface area contributed by atoms with Crippen molar-refractivity contribution in [1.82, 2.24) is 0 Å². The van der Waals surface area contributed by atoms with Gasteiger partial charge in [-0.2, -0.15) is 0 Å². The van der Waals surface area contributed by atoms with Crippen molar-refractivity contribution >= 4 is 17.9 Å². The van der Waals surface area contributed by atoms with Crippen LogP contribution in [0.5, 0.6) is 0 Å². The van der Waals surface area contributed by atoms with Gasteiger partial charge in [0.05, 0.1) is 12.2 Å². The summed E-state index contributed by atoms with van der Waals surface area (Å²) in [6.45, 7) is 10.8. The van der Waals surface area contributed by atoms with Crippen LogP contribution in [-0.4, -0.2) is 29.1 Å². The van der Waals surface area contributed by atoms with Crippen molar-refractivity contribution in [3.63, 3.8) is 0 Å². The largest absolute Gasteiger partial charge is 0.481 e. The third-order valence-corrected chi connectivity index (χ3v) is 7.61. The lowest BCUT2D eigenvalue weighted by Crippen LogP contribution is -2.57. The summed E-state index contributed by atoms with van der Waals surface area (Å²) in [5, 5.41) is 10.3. The molecule has 3 rings (SSSR count). The van der Waals surface area contributed by atoms with Gasteiger partial charge in [0, 0.05) is 23.0 Å².